The molecule has 0 bridgehead atoms. The van der Waals surface area contributed by atoms with E-state index in [9.17, 15) is 19.8 Å². The molecule has 2 aromatic rings. The van der Waals surface area contributed by atoms with E-state index in [1.54, 1.807) is 24.3 Å². The lowest BCUT2D eigenvalue weighted by molar-refractivity contribution is -0.108. The zero-order chi connectivity index (χ0) is 19.8. The van der Waals surface area contributed by atoms with Crippen molar-refractivity contribution in [1.29, 1.82) is 0 Å². The summed E-state index contributed by atoms with van der Waals surface area (Å²) in [5, 5.41) is 20.9. The summed E-state index contributed by atoms with van der Waals surface area (Å²) in [4.78, 5) is 21.2. The van der Waals surface area contributed by atoms with Crippen LogP contribution in [-0.4, -0.2) is 37.0 Å². The molecule has 2 aromatic carbocycles. The molecular weight excluding hydrogens is 348 g/mol. The smallest absolute Gasteiger partial charge is 0.203 e. The summed E-state index contributed by atoms with van der Waals surface area (Å²) in [5.74, 6) is 0.487. The first-order valence-electron chi connectivity index (χ1n) is 8.73. The van der Waals surface area contributed by atoms with Gasteiger partial charge in [0.2, 0.25) is 5.75 Å². The van der Waals surface area contributed by atoms with Crippen molar-refractivity contribution < 1.29 is 29.3 Å². The van der Waals surface area contributed by atoms with Crippen molar-refractivity contribution in [2.45, 2.75) is 32.1 Å². The van der Waals surface area contributed by atoms with E-state index in [0.29, 0.717) is 54.5 Å². The molecule has 0 saturated heterocycles. The summed E-state index contributed by atoms with van der Waals surface area (Å²) < 4.78 is 10.8. The molecule has 2 N–H and O–H groups in total. The Morgan fingerprint density at radius 3 is 2.22 bits per heavy atom. The van der Waals surface area contributed by atoms with Crippen molar-refractivity contribution in [3.63, 3.8) is 0 Å². The highest BCUT2D eigenvalue weighted by atomic mass is 16.5. The van der Waals surface area contributed by atoms with Crippen LogP contribution in [0.25, 0.3) is 11.1 Å². The second kappa shape index (κ2) is 9.62. The predicted octanol–water partition coefficient (Wildman–Crippen LogP) is 3.44. The lowest BCUT2D eigenvalue weighted by Gasteiger charge is -2.18. The van der Waals surface area contributed by atoms with Crippen LogP contribution in [0.4, 0.5) is 0 Å². The van der Waals surface area contributed by atoms with Crippen LogP contribution in [0.15, 0.2) is 24.3 Å². The standard InChI is InChI=1S/C21H24O6/c1-26-20-17(16-12-14(6-5-11-23)8-9-18(16)24)13-15(7-3-4-10-22)19(25)21(20)27-2/h8-13,24-25H,3-7H2,1-2H3. The Morgan fingerprint density at radius 2 is 1.59 bits per heavy atom. The van der Waals surface area contributed by atoms with Crippen LogP contribution in [0.3, 0.4) is 0 Å². The third-order valence-corrected chi connectivity index (χ3v) is 4.37. The Bertz CT molecular complexity index is 813. The number of ether oxygens (including phenoxy) is 2. The van der Waals surface area contributed by atoms with Crippen molar-refractivity contribution in [2.75, 3.05) is 14.2 Å². The van der Waals surface area contributed by atoms with Crippen LogP contribution in [-0.2, 0) is 22.4 Å². The summed E-state index contributed by atoms with van der Waals surface area (Å²) in [5.41, 5.74) is 2.58. The number of hydrogen-bond acceptors (Lipinski definition) is 6. The molecule has 0 saturated carbocycles. The number of benzene rings is 2. The molecule has 0 atom stereocenters. The fraction of sp³-hybridized carbons (Fsp3) is 0.333. The molecule has 0 spiro atoms. The van der Waals surface area contributed by atoms with Gasteiger partial charge >= 0.3 is 0 Å². The number of carbonyl (C=O) groups is 2. The van der Waals surface area contributed by atoms with Gasteiger partial charge in [-0.15, -0.1) is 0 Å². The number of unbranched alkanes of at least 4 members (excludes halogenated alkanes) is 1. The highest BCUT2D eigenvalue weighted by Crippen LogP contribution is 2.48. The van der Waals surface area contributed by atoms with Gasteiger partial charge < -0.3 is 29.3 Å². The second-order valence-corrected chi connectivity index (χ2v) is 6.11. The molecule has 0 radical (unpaired) electrons. The number of phenols is 2. The maximum atomic E-state index is 10.7. The van der Waals surface area contributed by atoms with Gasteiger partial charge in [0.25, 0.3) is 0 Å². The molecule has 0 heterocycles. The van der Waals surface area contributed by atoms with E-state index >= 15 is 0 Å². The molecule has 144 valence electrons. The molecule has 0 aliphatic carbocycles. The highest BCUT2D eigenvalue weighted by Gasteiger charge is 2.22. The first-order chi connectivity index (χ1) is 13.1. The minimum atomic E-state index is -0.0411. The fourth-order valence-corrected chi connectivity index (χ4v) is 3.02. The first-order valence-corrected chi connectivity index (χ1v) is 8.73. The maximum absolute atomic E-state index is 10.7. The quantitative estimate of drug-likeness (QED) is 0.490. The van der Waals surface area contributed by atoms with Crippen LogP contribution in [0.1, 0.15) is 30.4 Å². The van der Waals surface area contributed by atoms with Crippen LogP contribution in [0.5, 0.6) is 23.0 Å². The van der Waals surface area contributed by atoms with Crippen molar-refractivity contribution >= 4 is 12.6 Å². The third-order valence-electron chi connectivity index (χ3n) is 4.37. The average Bonchev–Trinajstić information content (AvgIpc) is 2.68. The third kappa shape index (κ3) is 4.58. The minimum absolute atomic E-state index is 0.0411. The number of hydrogen-bond donors (Lipinski definition) is 2. The molecule has 6 heteroatoms. The van der Waals surface area contributed by atoms with Gasteiger partial charge in [-0.2, -0.15) is 0 Å². The number of aryl methyl sites for hydroxylation is 2. The molecular formula is C21H24O6. The zero-order valence-corrected chi connectivity index (χ0v) is 15.5. The summed E-state index contributed by atoms with van der Waals surface area (Å²) in [6.07, 6.45) is 4.07. The Hall–Kier alpha value is -3.02. The van der Waals surface area contributed by atoms with E-state index in [1.165, 1.54) is 14.2 Å². The molecule has 0 amide bonds. The fourth-order valence-electron chi connectivity index (χ4n) is 3.02. The van der Waals surface area contributed by atoms with Crippen molar-refractivity contribution in [3.05, 3.63) is 35.4 Å². The summed E-state index contributed by atoms with van der Waals surface area (Å²) in [6, 6.07) is 6.86. The monoisotopic (exact) mass is 372 g/mol. The van der Waals surface area contributed by atoms with Crippen LogP contribution in [0, 0.1) is 0 Å². The van der Waals surface area contributed by atoms with E-state index in [0.717, 1.165) is 18.1 Å². The molecule has 0 fully saturated rings. The summed E-state index contributed by atoms with van der Waals surface area (Å²) >= 11 is 0. The number of rotatable bonds is 10. The van der Waals surface area contributed by atoms with Crippen LogP contribution >= 0.6 is 0 Å². The molecule has 0 aliphatic heterocycles. The lowest BCUT2D eigenvalue weighted by atomic mass is 9.95. The summed E-state index contributed by atoms with van der Waals surface area (Å²) in [6.45, 7) is 0. The number of phenolic OH excluding ortho intramolecular Hbond substituents is 2. The SMILES string of the molecule is COc1c(-c2cc(CCC=O)ccc2O)cc(CCCC=O)c(O)c1OC. The van der Waals surface area contributed by atoms with Gasteiger partial charge in [0, 0.05) is 24.0 Å². The van der Waals surface area contributed by atoms with Crippen molar-refractivity contribution in [1.82, 2.24) is 0 Å². The Morgan fingerprint density at radius 1 is 0.889 bits per heavy atom. The van der Waals surface area contributed by atoms with Crippen LogP contribution < -0.4 is 9.47 Å². The van der Waals surface area contributed by atoms with Gasteiger partial charge in [-0.1, -0.05) is 6.07 Å². The van der Waals surface area contributed by atoms with E-state index in [2.05, 4.69) is 0 Å². The number of carbonyl (C=O) groups excluding carboxylic acids is 2. The van der Waals surface area contributed by atoms with Gasteiger partial charge in [-0.05, 0) is 48.6 Å². The van der Waals surface area contributed by atoms with Gasteiger partial charge in [-0.25, -0.2) is 0 Å². The summed E-state index contributed by atoms with van der Waals surface area (Å²) in [7, 11) is 2.89. The molecule has 6 nitrogen and oxygen atoms in total. The molecule has 27 heavy (non-hydrogen) atoms. The zero-order valence-electron chi connectivity index (χ0n) is 15.5. The van der Waals surface area contributed by atoms with Crippen molar-refractivity contribution in [2.24, 2.45) is 0 Å². The van der Waals surface area contributed by atoms with E-state index in [1.807, 2.05) is 0 Å². The Kier molecular flexibility index (Phi) is 7.23. The lowest BCUT2D eigenvalue weighted by Crippen LogP contribution is -1.99. The predicted molar refractivity (Wildman–Crippen MR) is 102 cm³/mol. The van der Waals surface area contributed by atoms with Gasteiger partial charge in [0.1, 0.15) is 18.3 Å². The Labute approximate surface area is 158 Å². The topological polar surface area (TPSA) is 93.1 Å². The van der Waals surface area contributed by atoms with Gasteiger partial charge in [0.05, 0.1) is 14.2 Å². The second-order valence-electron chi connectivity index (χ2n) is 6.11. The molecule has 2 rings (SSSR count). The number of aldehydes is 2. The van der Waals surface area contributed by atoms with Gasteiger partial charge in [-0.3, -0.25) is 0 Å². The Balaban J connectivity index is 2.61. The largest absolute Gasteiger partial charge is 0.507 e. The normalized spacial score (nSPS) is 10.4. The van der Waals surface area contributed by atoms with Gasteiger partial charge in [0.15, 0.2) is 11.5 Å². The van der Waals surface area contributed by atoms with E-state index < -0.39 is 0 Å². The van der Waals surface area contributed by atoms with E-state index in [-0.39, 0.29) is 17.2 Å². The van der Waals surface area contributed by atoms with E-state index in [4.69, 9.17) is 9.47 Å². The highest BCUT2D eigenvalue weighted by molar-refractivity contribution is 5.81. The molecule has 0 aromatic heterocycles. The molecule has 0 unspecified atom stereocenters. The number of methoxy groups -OCH3 is 2. The first kappa shape index (κ1) is 20.3. The van der Waals surface area contributed by atoms with Crippen LogP contribution in [0.2, 0.25) is 0 Å². The minimum Gasteiger partial charge on any atom is -0.507 e. The van der Waals surface area contributed by atoms with Crippen molar-refractivity contribution in [3.8, 4) is 34.1 Å². The average molecular weight is 372 g/mol. The number of aromatic hydroxyl groups is 2. The molecule has 0 aliphatic rings. The maximum Gasteiger partial charge on any atom is 0.203 e.